The Hall–Kier alpha value is -2.07. The van der Waals surface area contributed by atoms with E-state index >= 15 is 0 Å². The van der Waals surface area contributed by atoms with Gasteiger partial charge in [0, 0.05) is 21.5 Å². The van der Waals surface area contributed by atoms with Crippen molar-refractivity contribution < 1.29 is 9.53 Å². The number of H-pyrrole nitrogens is 1. The minimum absolute atomic E-state index is 0.0176. The van der Waals surface area contributed by atoms with Crippen LogP contribution in [0.25, 0.3) is 17.0 Å². The second-order valence-corrected chi connectivity index (χ2v) is 5.28. The second kappa shape index (κ2) is 7.27. The second-order valence-electron chi connectivity index (χ2n) is 4.84. The molecule has 0 amide bonds. The molecule has 0 spiro atoms. The highest BCUT2D eigenvalue weighted by atomic mass is 35.5. The third-order valence-electron chi connectivity index (χ3n) is 3.24. The molecule has 0 aliphatic rings. The molecule has 1 aromatic carbocycles. The Kier molecular flexibility index (Phi) is 5.39. The minimum Gasteiger partial charge on any atom is -0.462 e. The lowest BCUT2D eigenvalue weighted by Crippen LogP contribution is -2.21. The Morgan fingerprint density at radius 3 is 2.82 bits per heavy atom. The lowest BCUT2D eigenvalue weighted by atomic mass is 10.0. The molecule has 2 aromatic rings. The van der Waals surface area contributed by atoms with Crippen molar-refractivity contribution in [3.8, 4) is 0 Å². The van der Waals surface area contributed by atoms with Crippen molar-refractivity contribution in [2.24, 2.45) is 0 Å². The van der Waals surface area contributed by atoms with E-state index in [0.29, 0.717) is 16.1 Å². The van der Waals surface area contributed by atoms with E-state index in [1.165, 1.54) is 0 Å². The Labute approximate surface area is 133 Å². The highest BCUT2D eigenvalue weighted by Crippen LogP contribution is 2.24. The zero-order valence-corrected chi connectivity index (χ0v) is 13.4. The van der Waals surface area contributed by atoms with Gasteiger partial charge in [-0.3, -0.25) is 4.79 Å². The average Bonchev–Trinajstić information content (AvgIpc) is 2.48. The summed E-state index contributed by atoms with van der Waals surface area (Å²) >= 11 is 6.05. The molecule has 5 heteroatoms. The van der Waals surface area contributed by atoms with Gasteiger partial charge in [-0.05, 0) is 31.5 Å². The smallest absolute Gasteiger partial charge is 0.344 e. The Morgan fingerprint density at radius 2 is 2.14 bits per heavy atom. The first-order chi connectivity index (χ1) is 10.6. The fourth-order valence-corrected chi connectivity index (χ4v) is 2.41. The lowest BCUT2D eigenvalue weighted by Gasteiger charge is -2.09. The maximum absolute atomic E-state index is 12.3. The van der Waals surface area contributed by atoms with Crippen molar-refractivity contribution in [3.05, 3.63) is 50.8 Å². The third kappa shape index (κ3) is 3.39. The average molecular weight is 320 g/mol. The van der Waals surface area contributed by atoms with Gasteiger partial charge in [0.2, 0.25) is 0 Å². The van der Waals surface area contributed by atoms with E-state index in [0.717, 1.165) is 18.2 Å². The fourth-order valence-electron chi connectivity index (χ4n) is 2.24. The summed E-state index contributed by atoms with van der Waals surface area (Å²) < 4.78 is 5.01. The van der Waals surface area contributed by atoms with Gasteiger partial charge in [0.15, 0.2) is 0 Å². The van der Waals surface area contributed by atoms with Crippen molar-refractivity contribution >= 4 is 34.5 Å². The number of benzene rings is 1. The molecule has 0 saturated carbocycles. The minimum atomic E-state index is -0.623. The summed E-state index contributed by atoms with van der Waals surface area (Å²) in [6.07, 6.45) is 5.58. The van der Waals surface area contributed by atoms with E-state index < -0.39 is 11.5 Å². The fraction of sp³-hybridized carbons (Fsp3) is 0.294. The van der Waals surface area contributed by atoms with E-state index in [4.69, 9.17) is 16.3 Å². The van der Waals surface area contributed by atoms with Crippen molar-refractivity contribution in [1.29, 1.82) is 0 Å². The summed E-state index contributed by atoms with van der Waals surface area (Å²) in [6.45, 7) is 3.98. The number of rotatable bonds is 5. The number of aromatic amines is 1. The van der Waals surface area contributed by atoms with Gasteiger partial charge in [-0.2, -0.15) is 0 Å². The van der Waals surface area contributed by atoms with Gasteiger partial charge in [-0.25, -0.2) is 4.79 Å². The van der Waals surface area contributed by atoms with Gasteiger partial charge in [0.25, 0.3) is 5.56 Å². The van der Waals surface area contributed by atoms with E-state index in [9.17, 15) is 9.59 Å². The van der Waals surface area contributed by atoms with E-state index in [2.05, 4.69) is 11.9 Å². The molecule has 1 N–H and O–H groups in total. The first-order valence-corrected chi connectivity index (χ1v) is 7.65. The van der Waals surface area contributed by atoms with Crippen LogP contribution in [-0.4, -0.2) is 17.6 Å². The number of hydrogen-bond acceptors (Lipinski definition) is 3. The number of hydrogen-bond donors (Lipinski definition) is 1. The van der Waals surface area contributed by atoms with Gasteiger partial charge in [-0.1, -0.05) is 37.1 Å². The molecule has 0 aliphatic heterocycles. The van der Waals surface area contributed by atoms with E-state index in [1.54, 1.807) is 31.2 Å². The highest BCUT2D eigenvalue weighted by Gasteiger charge is 2.19. The van der Waals surface area contributed by atoms with Crippen LogP contribution in [-0.2, 0) is 4.74 Å². The lowest BCUT2D eigenvalue weighted by molar-refractivity contribution is 0.0524. The van der Waals surface area contributed by atoms with Crippen molar-refractivity contribution in [2.45, 2.75) is 26.7 Å². The number of ether oxygens (including phenoxy) is 1. The predicted octanol–water partition coefficient (Wildman–Crippen LogP) is 4.17. The molecule has 0 saturated heterocycles. The van der Waals surface area contributed by atoms with Gasteiger partial charge in [0.1, 0.15) is 5.56 Å². The molecule has 0 fully saturated rings. The van der Waals surface area contributed by atoms with Crippen molar-refractivity contribution in [1.82, 2.24) is 4.98 Å². The quantitative estimate of drug-likeness (QED) is 0.841. The summed E-state index contributed by atoms with van der Waals surface area (Å²) in [4.78, 5) is 27.1. The highest BCUT2D eigenvalue weighted by molar-refractivity contribution is 6.31. The van der Waals surface area contributed by atoms with Crippen molar-refractivity contribution in [2.75, 3.05) is 6.61 Å². The summed E-state index contributed by atoms with van der Waals surface area (Å²) in [7, 11) is 0. The zero-order valence-electron chi connectivity index (χ0n) is 12.6. The number of esters is 1. The SMILES string of the molecule is CCCC=Cc1c(C(=O)OCC)c(=O)[nH]c2ccc(Cl)cc12. The standard InChI is InChI=1S/C17H18ClNO3/c1-3-5-6-7-12-13-10-11(18)8-9-14(13)19-16(20)15(12)17(21)22-4-2/h6-10H,3-5H2,1-2H3,(H,19,20). The summed E-state index contributed by atoms with van der Waals surface area (Å²) in [5, 5.41) is 1.27. The van der Waals surface area contributed by atoms with Crippen molar-refractivity contribution in [3.63, 3.8) is 0 Å². The van der Waals surface area contributed by atoms with Crippen LogP contribution in [0.3, 0.4) is 0 Å². The Bertz CT molecular complexity index is 777. The topological polar surface area (TPSA) is 59.2 Å². The summed E-state index contributed by atoms with van der Waals surface area (Å²) in [5.41, 5.74) is 0.750. The first kappa shape index (κ1) is 16.3. The van der Waals surface area contributed by atoms with Crippen LogP contribution in [0.4, 0.5) is 0 Å². The maximum Gasteiger partial charge on any atom is 0.344 e. The molecule has 0 atom stereocenters. The number of aromatic nitrogens is 1. The monoisotopic (exact) mass is 319 g/mol. The number of pyridine rings is 1. The molecule has 0 unspecified atom stereocenters. The predicted molar refractivity (Wildman–Crippen MR) is 89.5 cm³/mol. The number of fused-ring (bicyclic) bond motifs is 1. The normalized spacial score (nSPS) is 11.2. The molecule has 116 valence electrons. The molecule has 22 heavy (non-hydrogen) atoms. The number of allylic oxidation sites excluding steroid dienone is 1. The first-order valence-electron chi connectivity index (χ1n) is 7.27. The molecule has 0 bridgehead atoms. The van der Waals surface area contributed by atoms with Crippen LogP contribution in [0.1, 0.15) is 42.6 Å². The van der Waals surface area contributed by atoms with Gasteiger partial charge in [-0.15, -0.1) is 0 Å². The van der Waals surface area contributed by atoms with E-state index in [-0.39, 0.29) is 12.2 Å². The molecule has 0 radical (unpaired) electrons. The Morgan fingerprint density at radius 1 is 1.36 bits per heavy atom. The number of unbranched alkanes of at least 4 members (excludes halogenated alkanes) is 1. The van der Waals surface area contributed by atoms with Crippen LogP contribution in [0.2, 0.25) is 5.02 Å². The number of carbonyl (C=O) groups is 1. The van der Waals surface area contributed by atoms with Gasteiger partial charge < -0.3 is 9.72 Å². The van der Waals surface area contributed by atoms with Gasteiger partial charge >= 0.3 is 5.97 Å². The molecule has 1 heterocycles. The number of nitrogens with one attached hydrogen (secondary N) is 1. The van der Waals surface area contributed by atoms with E-state index in [1.807, 2.05) is 6.08 Å². The Balaban J connectivity index is 2.75. The van der Waals surface area contributed by atoms with Crippen LogP contribution in [0.5, 0.6) is 0 Å². The van der Waals surface area contributed by atoms with Crippen LogP contribution >= 0.6 is 11.6 Å². The maximum atomic E-state index is 12.3. The van der Waals surface area contributed by atoms with Crippen LogP contribution in [0.15, 0.2) is 29.1 Å². The largest absolute Gasteiger partial charge is 0.462 e. The molecule has 4 nitrogen and oxygen atoms in total. The molecular weight excluding hydrogens is 302 g/mol. The van der Waals surface area contributed by atoms with Crippen LogP contribution < -0.4 is 5.56 Å². The molecule has 2 rings (SSSR count). The molecule has 0 aliphatic carbocycles. The number of halogens is 1. The molecule has 1 aromatic heterocycles. The van der Waals surface area contributed by atoms with Gasteiger partial charge in [0.05, 0.1) is 6.61 Å². The molecular formula is C17H18ClNO3. The summed E-state index contributed by atoms with van der Waals surface area (Å²) in [6, 6.07) is 5.16. The number of carbonyl (C=O) groups excluding carboxylic acids is 1. The summed E-state index contributed by atoms with van der Waals surface area (Å²) in [5.74, 6) is -0.623. The third-order valence-corrected chi connectivity index (χ3v) is 3.47. The van der Waals surface area contributed by atoms with Crippen LogP contribution in [0, 0.1) is 0 Å². The zero-order chi connectivity index (χ0) is 16.1.